The largest absolute Gasteiger partial charge is 0.387 e. The van der Waals surface area contributed by atoms with Crippen LogP contribution in [0.4, 0.5) is 0 Å². The van der Waals surface area contributed by atoms with Gasteiger partial charge in [-0.15, -0.1) is 0 Å². The quantitative estimate of drug-likeness (QED) is 0.386. The van der Waals surface area contributed by atoms with Gasteiger partial charge in [-0.2, -0.15) is 0 Å². The van der Waals surface area contributed by atoms with E-state index in [0.717, 1.165) is 21.9 Å². The third-order valence-corrected chi connectivity index (χ3v) is 5.51. The summed E-state index contributed by atoms with van der Waals surface area (Å²) in [5, 5.41) is 27.8. The first-order valence-electron chi connectivity index (χ1n) is 7.96. The van der Waals surface area contributed by atoms with Gasteiger partial charge in [0.25, 0.3) is 0 Å². The molecule has 3 heteroatoms. The van der Waals surface area contributed by atoms with Gasteiger partial charge in [0.05, 0.1) is 0 Å². The summed E-state index contributed by atoms with van der Waals surface area (Å²) >= 11 is 0. The Kier molecular flexibility index (Phi) is 2.03. The molecule has 1 heterocycles. The van der Waals surface area contributed by atoms with E-state index in [4.69, 9.17) is 4.74 Å². The van der Waals surface area contributed by atoms with Crippen molar-refractivity contribution in [2.75, 3.05) is 0 Å². The summed E-state index contributed by atoms with van der Waals surface area (Å²) in [5.41, 5.74) is 1.86. The summed E-state index contributed by atoms with van der Waals surface area (Å²) in [6.07, 6.45) is -2.07. The van der Waals surface area contributed by atoms with E-state index < -0.39 is 12.2 Å². The molecule has 0 unspecified atom stereocenters. The van der Waals surface area contributed by atoms with Gasteiger partial charge in [-0.05, 0) is 49.5 Å². The molecule has 4 aromatic carbocycles. The molecule has 0 saturated carbocycles. The van der Waals surface area contributed by atoms with Crippen LogP contribution in [-0.4, -0.2) is 22.4 Å². The minimum Gasteiger partial charge on any atom is -0.387 e. The van der Waals surface area contributed by atoms with Crippen LogP contribution < -0.4 is 0 Å². The summed E-state index contributed by atoms with van der Waals surface area (Å²) in [5.74, 6) is 0. The van der Waals surface area contributed by atoms with Crippen molar-refractivity contribution in [1.29, 1.82) is 0 Å². The molecule has 4 aromatic rings. The number of rotatable bonds is 0. The summed E-state index contributed by atoms with van der Waals surface area (Å²) in [6, 6.07) is 16.9. The van der Waals surface area contributed by atoms with E-state index in [1.165, 1.54) is 21.5 Å². The first-order valence-corrected chi connectivity index (χ1v) is 7.96. The molecule has 4 atom stereocenters. The average Bonchev–Trinajstić information content (AvgIpc) is 3.37. The number of epoxide rings is 1. The third-order valence-electron chi connectivity index (χ3n) is 5.51. The molecule has 0 radical (unpaired) electrons. The maximum Gasteiger partial charge on any atom is 0.118 e. The topological polar surface area (TPSA) is 53.0 Å². The highest BCUT2D eigenvalue weighted by Gasteiger charge is 2.54. The molecule has 2 aliphatic rings. The summed E-state index contributed by atoms with van der Waals surface area (Å²) in [4.78, 5) is 0. The van der Waals surface area contributed by atoms with Crippen molar-refractivity contribution in [3.63, 3.8) is 0 Å². The Morgan fingerprint density at radius 1 is 0.826 bits per heavy atom. The van der Waals surface area contributed by atoms with Crippen LogP contribution in [0.25, 0.3) is 32.3 Å². The van der Waals surface area contributed by atoms with E-state index in [1.807, 2.05) is 6.07 Å². The van der Waals surface area contributed by atoms with E-state index in [2.05, 4.69) is 42.5 Å². The van der Waals surface area contributed by atoms with Crippen LogP contribution in [0.3, 0.4) is 0 Å². The van der Waals surface area contributed by atoms with Crippen LogP contribution in [0.15, 0.2) is 48.5 Å². The van der Waals surface area contributed by atoms with Gasteiger partial charge < -0.3 is 14.9 Å². The lowest BCUT2D eigenvalue weighted by atomic mass is 9.81. The van der Waals surface area contributed by atoms with Gasteiger partial charge in [-0.1, -0.05) is 42.5 Å². The van der Waals surface area contributed by atoms with Crippen molar-refractivity contribution in [1.82, 2.24) is 0 Å². The Bertz CT molecular complexity index is 1080. The monoisotopic (exact) mass is 302 g/mol. The highest BCUT2D eigenvalue weighted by Crippen LogP contribution is 2.54. The molecule has 0 aromatic heterocycles. The lowest BCUT2D eigenvalue weighted by molar-refractivity contribution is 0.000163. The van der Waals surface area contributed by atoms with Crippen molar-refractivity contribution in [2.24, 2.45) is 0 Å². The predicted octanol–water partition coefficient (Wildman–Crippen LogP) is 3.43. The Balaban J connectivity index is 1.86. The first-order chi connectivity index (χ1) is 11.2. The van der Waals surface area contributed by atoms with Crippen LogP contribution in [0.1, 0.15) is 23.3 Å². The lowest BCUT2D eigenvalue weighted by Crippen LogP contribution is -2.29. The lowest BCUT2D eigenvalue weighted by Gasteiger charge is -2.25. The van der Waals surface area contributed by atoms with Crippen LogP contribution in [0.2, 0.25) is 0 Å². The number of benzene rings is 4. The fraction of sp³-hybridized carbons (Fsp3) is 0.200. The molecule has 6 rings (SSSR count). The number of hydrogen-bond acceptors (Lipinski definition) is 3. The first kappa shape index (κ1) is 12.3. The zero-order valence-electron chi connectivity index (χ0n) is 12.2. The second-order valence-corrected chi connectivity index (χ2v) is 6.69. The van der Waals surface area contributed by atoms with Gasteiger partial charge >= 0.3 is 0 Å². The van der Waals surface area contributed by atoms with Crippen LogP contribution in [0, 0.1) is 0 Å². The zero-order valence-corrected chi connectivity index (χ0v) is 12.2. The fourth-order valence-electron chi connectivity index (χ4n) is 4.40. The molecule has 0 spiro atoms. The third kappa shape index (κ3) is 1.36. The number of aliphatic hydroxyl groups is 2. The van der Waals surface area contributed by atoms with Gasteiger partial charge in [0.15, 0.2) is 0 Å². The summed E-state index contributed by atoms with van der Waals surface area (Å²) < 4.78 is 5.67. The van der Waals surface area contributed by atoms with Gasteiger partial charge in [0, 0.05) is 0 Å². The van der Waals surface area contributed by atoms with Gasteiger partial charge in [0.2, 0.25) is 0 Å². The molecule has 23 heavy (non-hydrogen) atoms. The maximum atomic E-state index is 10.5. The smallest absolute Gasteiger partial charge is 0.118 e. The molecule has 0 bridgehead atoms. The molecular formula is C20H14O3. The molecule has 1 fully saturated rings. The Labute approximate surface area is 132 Å². The SMILES string of the molecule is O[C@@H]1[C@@H]2O[C@@H]2c2c(cc3ccc4cccc5ccc2c3c45)[C@H]1O. The van der Waals surface area contributed by atoms with E-state index in [0.29, 0.717) is 0 Å². The van der Waals surface area contributed by atoms with Gasteiger partial charge in [-0.3, -0.25) is 0 Å². The molecule has 3 nitrogen and oxygen atoms in total. The maximum absolute atomic E-state index is 10.5. The van der Waals surface area contributed by atoms with Gasteiger partial charge in [-0.25, -0.2) is 0 Å². The van der Waals surface area contributed by atoms with Gasteiger partial charge in [0.1, 0.15) is 24.4 Å². The van der Waals surface area contributed by atoms with E-state index in [1.54, 1.807) is 0 Å². The summed E-state index contributed by atoms with van der Waals surface area (Å²) in [7, 11) is 0. The molecule has 2 N–H and O–H groups in total. The number of fused-ring (bicyclic) bond motifs is 4. The molecule has 1 aliphatic carbocycles. The molecule has 112 valence electrons. The molecule has 0 amide bonds. The summed E-state index contributed by atoms with van der Waals surface area (Å²) in [6.45, 7) is 0. The van der Waals surface area contributed by atoms with Crippen LogP contribution in [-0.2, 0) is 4.74 Å². The second kappa shape index (κ2) is 3.82. The molecule has 1 aliphatic heterocycles. The minimum absolute atomic E-state index is 0.0898. The highest BCUT2D eigenvalue weighted by molar-refractivity contribution is 6.23. The van der Waals surface area contributed by atoms with Crippen molar-refractivity contribution < 1.29 is 14.9 Å². The van der Waals surface area contributed by atoms with Crippen LogP contribution >= 0.6 is 0 Å². The zero-order chi connectivity index (χ0) is 15.3. The Morgan fingerprint density at radius 2 is 1.57 bits per heavy atom. The minimum atomic E-state index is -0.879. The Morgan fingerprint density at radius 3 is 2.39 bits per heavy atom. The van der Waals surface area contributed by atoms with Crippen molar-refractivity contribution in [2.45, 2.75) is 24.4 Å². The number of ether oxygens (including phenoxy) is 1. The van der Waals surface area contributed by atoms with Crippen molar-refractivity contribution >= 4 is 32.3 Å². The number of aliphatic hydroxyl groups excluding tert-OH is 2. The second-order valence-electron chi connectivity index (χ2n) is 6.69. The number of hydrogen-bond donors (Lipinski definition) is 2. The van der Waals surface area contributed by atoms with E-state index in [9.17, 15) is 10.2 Å². The van der Waals surface area contributed by atoms with E-state index >= 15 is 0 Å². The highest BCUT2D eigenvalue weighted by atomic mass is 16.6. The van der Waals surface area contributed by atoms with Crippen LogP contribution in [0.5, 0.6) is 0 Å². The normalized spacial score (nSPS) is 29.1. The predicted molar refractivity (Wildman–Crippen MR) is 88.7 cm³/mol. The Hall–Kier alpha value is -2.20. The average molecular weight is 302 g/mol. The molecular weight excluding hydrogens is 288 g/mol. The molecule has 1 saturated heterocycles. The fourth-order valence-corrected chi connectivity index (χ4v) is 4.40. The standard InChI is InChI=1S/C20H14O3/c21-17-13-8-11-5-4-9-2-1-3-10-6-7-12(15(11)14(9)10)16(13)19-20(23-19)18(17)22/h1-8,17-22H/t17-,18+,19-,20+/m1/s1. The van der Waals surface area contributed by atoms with E-state index in [-0.39, 0.29) is 12.2 Å². The van der Waals surface area contributed by atoms with Crippen molar-refractivity contribution in [3.05, 3.63) is 59.7 Å². The van der Waals surface area contributed by atoms with Crippen molar-refractivity contribution in [3.8, 4) is 0 Å².